The zero-order valence-electron chi connectivity index (χ0n) is 18.0. The molecule has 1 N–H and O–H groups in total. The molecule has 0 atom stereocenters. The number of benzene rings is 2. The Kier molecular flexibility index (Phi) is 7.75. The first-order chi connectivity index (χ1) is 14.1. The summed E-state index contributed by atoms with van der Waals surface area (Å²) in [5, 5.41) is 2.76. The van der Waals surface area contributed by atoms with Crippen molar-refractivity contribution in [1.29, 1.82) is 0 Å². The second-order valence-corrected chi connectivity index (χ2v) is 8.95. The number of carbonyl (C=O) groups is 2. The summed E-state index contributed by atoms with van der Waals surface area (Å²) in [6.45, 7) is 9.43. The van der Waals surface area contributed by atoms with Crippen LogP contribution in [0.4, 0.5) is 5.69 Å². The molecule has 2 aromatic carbocycles. The van der Waals surface area contributed by atoms with Crippen LogP contribution in [-0.4, -0.2) is 44.3 Å². The van der Waals surface area contributed by atoms with Gasteiger partial charge in [0.1, 0.15) is 0 Å². The number of sulfonamides is 1. The van der Waals surface area contributed by atoms with Crippen molar-refractivity contribution in [2.75, 3.05) is 25.0 Å². The van der Waals surface area contributed by atoms with Crippen LogP contribution in [0.5, 0.6) is 0 Å². The quantitative estimate of drug-likeness (QED) is 0.645. The SMILES string of the molecule is CCN(CC)S(=O)(=O)c1cccc(C(=O)OCC(=O)Nc2c(C)cc(C)cc2C)c1. The number of hydrogen-bond acceptors (Lipinski definition) is 5. The van der Waals surface area contributed by atoms with E-state index in [0.717, 1.165) is 16.7 Å². The van der Waals surface area contributed by atoms with Crippen LogP contribution in [0.1, 0.15) is 40.9 Å². The van der Waals surface area contributed by atoms with E-state index in [2.05, 4.69) is 5.32 Å². The highest BCUT2D eigenvalue weighted by atomic mass is 32.2. The van der Waals surface area contributed by atoms with Gasteiger partial charge in [-0.05, 0) is 50.1 Å². The fourth-order valence-electron chi connectivity index (χ4n) is 3.26. The van der Waals surface area contributed by atoms with Crippen LogP contribution < -0.4 is 5.32 Å². The van der Waals surface area contributed by atoms with Crippen LogP contribution in [0.3, 0.4) is 0 Å². The summed E-state index contributed by atoms with van der Waals surface area (Å²) in [5.74, 6) is -1.23. The molecule has 0 heterocycles. The van der Waals surface area contributed by atoms with Gasteiger partial charge < -0.3 is 10.1 Å². The standard InChI is InChI=1S/C22H28N2O5S/c1-6-24(7-2)30(27,28)19-10-8-9-18(13-19)22(26)29-14-20(25)23-21-16(4)11-15(3)12-17(21)5/h8-13H,6-7,14H2,1-5H3,(H,23,25). The molecule has 162 valence electrons. The third kappa shape index (κ3) is 5.46. The smallest absolute Gasteiger partial charge is 0.338 e. The van der Waals surface area contributed by atoms with E-state index in [4.69, 9.17) is 4.74 Å². The van der Waals surface area contributed by atoms with Gasteiger partial charge in [0, 0.05) is 18.8 Å². The van der Waals surface area contributed by atoms with E-state index in [1.54, 1.807) is 13.8 Å². The third-order valence-electron chi connectivity index (χ3n) is 4.69. The van der Waals surface area contributed by atoms with Crippen molar-refractivity contribution in [2.24, 2.45) is 0 Å². The second-order valence-electron chi connectivity index (χ2n) is 7.02. The predicted octanol–water partition coefficient (Wildman–Crippen LogP) is 3.44. The van der Waals surface area contributed by atoms with E-state index in [9.17, 15) is 18.0 Å². The van der Waals surface area contributed by atoms with Gasteiger partial charge in [0.25, 0.3) is 5.91 Å². The summed E-state index contributed by atoms with van der Waals surface area (Å²) in [7, 11) is -3.70. The number of hydrogen-bond donors (Lipinski definition) is 1. The third-order valence-corrected chi connectivity index (χ3v) is 6.73. The minimum absolute atomic E-state index is 0.0102. The summed E-state index contributed by atoms with van der Waals surface area (Å²) in [6, 6.07) is 9.54. The van der Waals surface area contributed by atoms with Gasteiger partial charge in [0.15, 0.2) is 6.61 Å². The maximum absolute atomic E-state index is 12.6. The number of esters is 1. The van der Waals surface area contributed by atoms with Crippen molar-refractivity contribution in [3.63, 3.8) is 0 Å². The molecule has 0 fully saturated rings. The van der Waals surface area contributed by atoms with E-state index in [0.29, 0.717) is 18.8 Å². The van der Waals surface area contributed by atoms with Crippen molar-refractivity contribution in [1.82, 2.24) is 4.31 Å². The van der Waals surface area contributed by atoms with Gasteiger partial charge in [0.05, 0.1) is 10.5 Å². The van der Waals surface area contributed by atoms with Gasteiger partial charge in [-0.15, -0.1) is 0 Å². The first-order valence-electron chi connectivity index (χ1n) is 9.75. The zero-order valence-corrected chi connectivity index (χ0v) is 18.8. The Morgan fingerprint density at radius 2 is 1.60 bits per heavy atom. The molecule has 0 radical (unpaired) electrons. The molecule has 0 aliphatic rings. The molecular formula is C22H28N2O5S. The van der Waals surface area contributed by atoms with Crippen molar-refractivity contribution in [2.45, 2.75) is 39.5 Å². The molecule has 2 rings (SSSR count). The van der Waals surface area contributed by atoms with Crippen molar-refractivity contribution in [3.8, 4) is 0 Å². The van der Waals surface area contributed by atoms with Gasteiger partial charge in [-0.2, -0.15) is 4.31 Å². The summed E-state index contributed by atoms with van der Waals surface area (Å²) in [4.78, 5) is 24.6. The number of anilines is 1. The molecule has 0 aliphatic carbocycles. The number of amides is 1. The number of rotatable bonds is 8. The van der Waals surface area contributed by atoms with Gasteiger partial charge in [-0.25, -0.2) is 13.2 Å². The van der Waals surface area contributed by atoms with Gasteiger partial charge in [-0.1, -0.05) is 37.6 Å². The molecule has 8 heteroatoms. The van der Waals surface area contributed by atoms with Crippen LogP contribution in [0.15, 0.2) is 41.3 Å². The fourth-order valence-corrected chi connectivity index (χ4v) is 4.77. The Morgan fingerprint density at radius 1 is 1.00 bits per heavy atom. The normalized spacial score (nSPS) is 11.4. The minimum Gasteiger partial charge on any atom is -0.452 e. The predicted molar refractivity (Wildman–Crippen MR) is 116 cm³/mol. The zero-order chi connectivity index (χ0) is 22.5. The molecule has 0 spiro atoms. The van der Waals surface area contributed by atoms with Crippen LogP contribution in [0, 0.1) is 20.8 Å². The lowest BCUT2D eigenvalue weighted by molar-refractivity contribution is -0.119. The summed E-state index contributed by atoms with van der Waals surface area (Å²) < 4.78 is 31.7. The molecule has 1 amide bonds. The molecule has 0 saturated carbocycles. The van der Waals surface area contributed by atoms with E-state index < -0.39 is 28.5 Å². The minimum atomic E-state index is -3.70. The van der Waals surface area contributed by atoms with Gasteiger partial charge in [0.2, 0.25) is 10.0 Å². The average molecular weight is 433 g/mol. The Balaban J connectivity index is 2.08. The lowest BCUT2D eigenvalue weighted by Crippen LogP contribution is -2.30. The summed E-state index contributed by atoms with van der Waals surface area (Å²) in [6.07, 6.45) is 0. The van der Waals surface area contributed by atoms with Crippen LogP contribution in [0.2, 0.25) is 0 Å². The molecule has 2 aromatic rings. The number of ether oxygens (including phenoxy) is 1. The van der Waals surface area contributed by atoms with E-state index >= 15 is 0 Å². The lowest BCUT2D eigenvalue weighted by atomic mass is 10.1. The summed E-state index contributed by atoms with van der Waals surface area (Å²) >= 11 is 0. The first kappa shape index (κ1) is 23.6. The molecule has 0 unspecified atom stereocenters. The van der Waals surface area contributed by atoms with E-state index in [-0.39, 0.29) is 10.5 Å². The maximum atomic E-state index is 12.6. The van der Waals surface area contributed by atoms with Crippen LogP contribution in [-0.2, 0) is 19.6 Å². The largest absolute Gasteiger partial charge is 0.452 e. The Hall–Kier alpha value is -2.71. The van der Waals surface area contributed by atoms with Crippen molar-refractivity contribution < 1.29 is 22.7 Å². The Bertz CT molecular complexity index is 1020. The first-order valence-corrected chi connectivity index (χ1v) is 11.2. The highest BCUT2D eigenvalue weighted by molar-refractivity contribution is 7.89. The molecular weight excluding hydrogens is 404 g/mol. The molecule has 0 saturated heterocycles. The van der Waals surface area contributed by atoms with Crippen molar-refractivity contribution in [3.05, 3.63) is 58.7 Å². The monoisotopic (exact) mass is 432 g/mol. The molecule has 7 nitrogen and oxygen atoms in total. The molecule has 0 aromatic heterocycles. The topological polar surface area (TPSA) is 92.8 Å². The second kappa shape index (κ2) is 9.86. The molecule has 0 bridgehead atoms. The van der Waals surface area contributed by atoms with Gasteiger partial charge in [-0.3, -0.25) is 4.79 Å². The number of carbonyl (C=O) groups excluding carboxylic acids is 2. The van der Waals surface area contributed by atoms with E-state index in [1.807, 2.05) is 32.9 Å². The lowest BCUT2D eigenvalue weighted by Gasteiger charge is -2.18. The maximum Gasteiger partial charge on any atom is 0.338 e. The van der Waals surface area contributed by atoms with E-state index in [1.165, 1.54) is 28.6 Å². The fraction of sp³-hybridized carbons (Fsp3) is 0.364. The number of aryl methyl sites for hydroxylation is 3. The number of nitrogens with one attached hydrogen (secondary N) is 1. The summed E-state index contributed by atoms with van der Waals surface area (Å²) in [5.41, 5.74) is 3.68. The molecule has 30 heavy (non-hydrogen) atoms. The highest BCUT2D eigenvalue weighted by Crippen LogP contribution is 2.22. The Morgan fingerprint density at radius 3 is 2.17 bits per heavy atom. The van der Waals surface area contributed by atoms with Crippen molar-refractivity contribution >= 4 is 27.6 Å². The number of nitrogens with zero attached hydrogens (tertiary/aromatic N) is 1. The van der Waals surface area contributed by atoms with Crippen LogP contribution in [0.25, 0.3) is 0 Å². The highest BCUT2D eigenvalue weighted by Gasteiger charge is 2.23. The van der Waals surface area contributed by atoms with Gasteiger partial charge >= 0.3 is 5.97 Å². The van der Waals surface area contributed by atoms with Crippen LogP contribution >= 0.6 is 0 Å². The Labute approximate surface area is 178 Å². The molecule has 0 aliphatic heterocycles. The average Bonchev–Trinajstić information content (AvgIpc) is 2.69.